The highest BCUT2D eigenvalue weighted by atomic mass is 79.9. The summed E-state index contributed by atoms with van der Waals surface area (Å²) in [5.74, 6) is 0.303. The minimum atomic E-state index is -3.44. The molecule has 19 heavy (non-hydrogen) atoms. The Morgan fingerprint density at radius 1 is 1.42 bits per heavy atom. The molecule has 1 fully saturated rings. The van der Waals surface area contributed by atoms with Gasteiger partial charge in [-0.2, -0.15) is 4.31 Å². The van der Waals surface area contributed by atoms with E-state index in [0.717, 1.165) is 13.0 Å². The molecule has 1 atom stereocenters. The number of rotatable bonds is 5. The van der Waals surface area contributed by atoms with Crippen LogP contribution in [0.3, 0.4) is 0 Å². The third-order valence-corrected chi connectivity index (χ3v) is 6.25. The average molecular weight is 348 g/mol. The van der Waals surface area contributed by atoms with E-state index < -0.39 is 10.0 Å². The van der Waals surface area contributed by atoms with Crippen molar-refractivity contribution in [3.63, 3.8) is 0 Å². The summed E-state index contributed by atoms with van der Waals surface area (Å²) < 4.78 is 32.7. The molecule has 1 aromatic rings. The van der Waals surface area contributed by atoms with Gasteiger partial charge < -0.3 is 4.74 Å². The van der Waals surface area contributed by atoms with E-state index in [1.54, 1.807) is 18.2 Å². The first kappa shape index (κ1) is 15.0. The van der Waals surface area contributed by atoms with Crippen molar-refractivity contribution in [3.05, 3.63) is 28.7 Å². The van der Waals surface area contributed by atoms with Gasteiger partial charge in [-0.1, -0.05) is 19.1 Å². The van der Waals surface area contributed by atoms with Gasteiger partial charge in [-0.15, -0.1) is 0 Å². The van der Waals surface area contributed by atoms with E-state index in [0.29, 0.717) is 35.0 Å². The topological polar surface area (TPSA) is 46.6 Å². The summed E-state index contributed by atoms with van der Waals surface area (Å²) >= 11 is 3.31. The molecule has 106 valence electrons. The summed E-state index contributed by atoms with van der Waals surface area (Å²) in [4.78, 5) is 0.329. The summed E-state index contributed by atoms with van der Waals surface area (Å²) in [6, 6.07) is 6.93. The molecule has 4 nitrogen and oxygen atoms in total. The van der Waals surface area contributed by atoms with Gasteiger partial charge in [0.15, 0.2) is 0 Å². The molecular weight excluding hydrogens is 330 g/mol. The largest absolute Gasteiger partial charge is 0.381 e. The normalized spacial score (nSPS) is 20.1. The highest BCUT2D eigenvalue weighted by molar-refractivity contribution is 9.10. The standard InChI is InChI=1S/C13H18BrNO3S/c1-2-15(9-11-7-8-18-10-11)19(16,17)13-6-4-3-5-12(13)14/h3-6,11H,2,7-10H2,1H3. The monoisotopic (exact) mass is 347 g/mol. The van der Waals surface area contributed by atoms with E-state index in [-0.39, 0.29) is 0 Å². The first-order valence-corrected chi connectivity index (χ1v) is 8.61. The number of hydrogen-bond acceptors (Lipinski definition) is 3. The predicted molar refractivity (Wildman–Crippen MR) is 77.5 cm³/mol. The van der Waals surface area contributed by atoms with Gasteiger partial charge in [-0.25, -0.2) is 8.42 Å². The van der Waals surface area contributed by atoms with Crippen molar-refractivity contribution in [3.8, 4) is 0 Å². The number of sulfonamides is 1. The minimum Gasteiger partial charge on any atom is -0.381 e. The third kappa shape index (κ3) is 3.37. The molecule has 0 amide bonds. The number of benzene rings is 1. The van der Waals surface area contributed by atoms with E-state index in [9.17, 15) is 8.42 Å². The summed E-state index contributed by atoms with van der Waals surface area (Å²) in [5.41, 5.74) is 0. The molecule has 0 bridgehead atoms. The van der Waals surface area contributed by atoms with Crippen molar-refractivity contribution < 1.29 is 13.2 Å². The minimum absolute atomic E-state index is 0.303. The zero-order valence-electron chi connectivity index (χ0n) is 10.9. The quantitative estimate of drug-likeness (QED) is 0.821. The van der Waals surface area contributed by atoms with Crippen molar-refractivity contribution in [2.24, 2.45) is 5.92 Å². The second-order valence-corrected chi connectivity index (χ2v) is 7.38. The van der Waals surface area contributed by atoms with Crippen molar-refractivity contribution in [1.29, 1.82) is 0 Å². The van der Waals surface area contributed by atoms with Crippen LogP contribution in [-0.2, 0) is 14.8 Å². The van der Waals surface area contributed by atoms with Gasteiger partial charge in [0.2, 0.25) is 10.0 Å². The second-order valence-electron chi connectivity index (χ2n) is 4.62. The number of nitrogens with zero attached hydrogens (tertiary/aromatic N) is 1. The number of ether oxygens (including phenoxy) is 1. The Morgan fingerprint density at radius 2 is 2.16 bits per heavy atom. The molecule has 1 heterocycles. The smallest absolute Gasteiger partial charge is 0.244 e. The molecule has 1 aromatic carbocycles. The van der Waals surface area contributed by atoms with E-state index in [2.05, 4.69) is 15.9 Å². The number of hydrogen-bond donors (Lipinski definition) is 0. The highest BCUT2D eigenvalue weighted by Gasteiger charge is 2.28. The Kier molecular flexibility index (Phi) is 5.00. The van der Waals surface area contributed by atoms with Crippen molar-refractivity contribution >= 4 is 26.0 Å². The van der Waals surface area contributed by atoms with Gasteiger partial charge in [0.1, 0.15) is 0 Å². The molecule has 0 saturated carbocycles. The molecule has 1 aliphatic heterocycles. The summed E-state index contributed by atoms with van der Waals surface area (Å²) in [5, 5.41) is 0. The lowest BCUT2D eigenvalue weighted by molar-refractivity contribution is 0.181. The van der Waals surface area contributed by atoms with Crippen LogP contribution in [0.25, 0.3) is 0 Å². The van der Waals surface area contributed by atoms with Crippen LogP contribution in [0, 0.1) is 5.92 Å². The predicted octanol–water partition coefficient (Wildman–Crippen LogP) is 2.50. The molecule has 1 saturated heterocycles. The van der Waals surface area contributed by atoms with E-state index in [4.69, 9.17) is 4.74 Å². The molecule has 1 aliphatic rings. The van der Waals surface area contributed by atoms with E-state index >= 15 is 0 Å². The van der Waals surface area contributed by atoms with Crippen molar-refractivity contribution in [1.82, 2.24) is 4.31 Å². The Bertz CT molecular complexity index is 526. The first-order valence-electron chi connectivity index (χ1n) is 6.38. The van der Waals surface area contributed by atoms with Crippen molar-refractivity contribution in [2.45, 2.75) is 18.2 Å². The Labute approximate surface area is 122 Å². The van der Waals surface area contributed by atoms with Crippen molar-refractivity contribution in [2.75, 3.05) is 26.3 Å². The summed E-state index contributed by atoms with van der Waals surface area (Å²) in [6.45, 7) is 4.25. The van der Waals surface area contributed by atoms with Gasteiger partial charge in [0.25, 0.3) is 0 Å². The van der Waals surface area contributed by atoms with Crippen LogP contribution in [0.1, 0.15) is 13.3 Å². The van der Waals surface area contributed by atoms with Crippen LogP contribution in [0.5, 0.6) is 0 Å². The van der Waals surface area contributed by atoms with Gasteiger partial charge in [-0.05, 0) is 40.4 Å². The van der Waals surface area contributed by atoms with Gasteiger partial charge in [-0.3, -0.25) is 0 Å². The molecule has 1 unspecified atom stereocenters. The molecule has 6 heteroatoms. The van der Waals surface area contributed by atoms with Gasteiger partial charge in [0.05, 0.1) is 11.5 Å². The lowest BCUT2D eigenvalue weighted by Gasteiger charge is -2.23. The fourth-order valence-electron chi connectivity index (χ4n) is 2.21. The van der Waals surface area contributed by atoms with Gasteiger partial charge >= 0.3 is 0 Å². The SMILES string of the molecule is CCN(CC1CCOC1)S(=O)(=O)c1ccccc1Br. The van der Waals surface area contributed by atoms with E-state index in [1.165, 1.54) is 4.31 Å². The fourth-order valence-corrected chi connectivity index (χ4v) is 4.69. The zero-order chi connectivity index (χ0) is 13.9. The molecular formula is C13H18BrNO3S. The molecule has 0 radical (unpaired) electrons. The summed E-state index contributed by atoms with van der Waals surface area (Å²) in [7, 11) is -3.44. The molecule has 0 N–H and O–H groups in total. The maximum Gasteiger partial charge on any atom is 0.244 e. The lowest BCUT2D eigenvalue weighted by Crippen LogP contribution is -2.35. The second kappa shape index (κ2) is 6.35. The Hall–Kier alpha value is -0.430. The average Bonchev–Trinajstić information content (AvgIpc) is 2.89. The Morgan fingerprint density at radius 3 is 2.74 bits per heavy atom. The maximum atomic E-state index is 12.6. The van der Waals surface area contributed by atoms with Crippen LogP contribution in [0.4, 0.5) is 0 Å². The maximum absolute atomic E-state index is 12.6. The molecule has 0 spiro atoms. The van der Waals surface area contributed by atoms with Crippen LogP contribution in [-0.4, -0.2) is 39.0 Å². The third-order valence-electron chi connectivity index (χ3n) is 3.29. The molecule has 0 aromatic heterocycles. The molecule has 2 rings (SSSR count). The van der Waals surface area contributed by atoms with Crippen LogP contribution in [0.2, 0.25) is 0 Å². The fraction of sp³-hybridized carbons (Fsp3) is 0.538. The first-order chi connectivity index (χ1) is 9.05. The Balaban J connectivity index is 2.23. The molecule has 0 aliphatic carbocycles. The summed E-state index contributed by atoms with van der Waals surface area (Å²) in [6.07, 6.45) is 0.933. The zero-order valence-corrected chi connectivity index (χ0v) is 13.3. The van der Waals surface area contributed by atoms with Crippen LogP contribution < -0.4 is 0 Å². The lowest BCUT2D eigenvalue weighted by atomic mass is 10.1. The van der Waals surface area contributed by atoms with Crippen LogP contribution in [0.15, 0.2) is 33.6 Å². The van der Waals surface area contributed by atoms with Gasteiger partial charge in [0, 0.05) is 24.2 Å². The highest BCUT2D eigenvalue weighted by Crippen LogP contribution is 2.26. The van der Waals surface area contributed by atoms with E-state index in [1.807, 2.05) is 13.0 Å². The number of halogens is 1. The van der Waals surface area contributed by atoms with Crippen LogP contribution >= 0.6 is 15.9 Å².